The molecule has 1 aliphatic heterocycles. The Kier molecular flexibility index (Phi) is 5.20. The summed E-state index contributed by atoms with van der Waals surface area (Å²) in [7, 11) is 0. The van der Waals surface area contributed by atoms with Crippen LogP contribution in [0.5, 0.6) is 0 Å². The molecule has 1 atom stereocenters. The largest absolute Gasteiger partial charge is 0.331 e. The Balaban J connectivity index is 2.25. The molecule has 0 spiro atoms. The lowest BCUT2D eigenvalue weighted by Gasteiger charge is -2.27. The van der Waals surface area contributed by atoms with E-state index in [-0.39, 0.29) is 29.2 Å². The van der Waals surface area contributed by atoms with E-state index in [0.29, 0.717) is 18.8 Å². The van der Waals surface area contributed by atoms with Gasteiger partial charge in [-0.15, -0.1) is 0 Å². The van der Waals surface area contributed by atoms with E-state index in [9.17, 15) is 14.4 Å². The van der Waals surface area contributed by atoms with Gasteiger partial charge in [-0.1, -0.05) is 33.8 Å². The fourth-order valence-electron chi connectivity index (χ4n) is 2.74. The van der Waals surface area contributed by atoms with Crippen LogP contribution in [-0.2, 0) is 9.59 Å². The number of rotatable bonds is 3. The van der Waals surface area contributed by atoms with Crippen LogP contribution < -0.4 is 10.2 Å². The van der Waals surface area contributed by atoms with E-state index in [1.807, 2.05) is 52.8 Å². The van der Waals surface area contributed by atoms with Gasteiger partial charge in [0.1, 0.15) is 0 Å². The number of anilines is 2. The van der Waals surface area contributed by atoms with E-state index in [2.05, 4.69) is 5.32 Å². The minimum atomic E-state index is -0.317. The smallest absolute Gasteiger partial charge is 0.326 e. The third kappa shape index (κ3) is 3.83. The molecule has 1 heterocycles. The summed E-state index contributed by atoms with van der Waals surface area (Å²) in [5.41, 5.74) is 2.08. The van der Waals surface area contributed by atoms with Crippen molar-refractivity contribution in [3.63, 3.8) is 0 Å². The predicted octanol–water partition coefficient (Wildman–Crippen LogP) is 3.40. The summed E-state index contributed by atoms with van der Waals surface area (Å²) >= 11 is 0. The third-order valence-corrected chi connectivity index (χ3v) is 4.94. The summed E-state index contributed by atoms with van der Waals surface area (Å²) in [5, 5.41) is 2.97. The maximum Gasteiger partial charge on any atom is 0.331 e. The van der Waals surface area contributed by atoms with Crippen LogP contribution in [0.1, 0.15) is 40.2 Å². The van der Waals surface area contributed by atoms with E-state index in [1.165, 1.54) is 11.8 Å². The van der Waals surface area contributed by atoms with Gasteiger partial charge in [0, 0.05) is 31.6 Å². The number of hydrogen-bond donors (Lipinski definition) is 1. The highest BCUT2D eigenvalue weighted by atomic mass is 16.2. The number of nitrogens with zero attached hydrogens (tertiary/aromatic N) is 2. The minimum absolute atomic E-state index is 0.0501. The van der Waals surface area contributed by atoms with Crippen LogP contribution in [0.25, 0.3) is 0 Å². The lowest BCUT2D eigenvalue weighted by atomic mass is 9.81. The third-order valence-electron chi connectivity index (χ3n) is 4.94. The van der Waals surface area contributed by atoms with Gasteiger partial charge in [-0.05, 0) is 30.0 Å². The van der Waals surface area contributed by atoms with Crippen molar-refractivity contribution in [3.05, 3.63) is 23.8 Å². The van der Waals surface area contributed by atoms with Crippen LogP contribution in [0.15, 0.2) is 18.2 Å². The van der Waals surface area contributed by atoms with E-state index in [1.54, 1.807) is 4.90 Å². The molecule has 6 heteroatoms. The van der Waals surface area contributed by atoms with Gasteiger partial charge >= 0.3 is 6.03 Å². The van der Waals surface area contributed by atoms with Crippen molar-refractivity contribution < 1.29 is 14.4 Å². The van der Waals surface area contributed by atoms with Crippen molar-refractivity contribution in [2.75, 3.05) is 23.3 Å². The molecule has 2 rings (SSSR count). The van der Waals surface area contributed by atoms with Crippen molar-refractivity contribution in [1.29, 1.82) is 0 Å². The molecule has 1 fully saturated rings. The Bertz CT molecular complexity index is 706. The van der Waals surface area contributed by atoms with Gasteiger partial charge in [-0.25, -0.2) is 4.79 Å². The summed E-state index contributed by atoms with van der Waals surface area (Å²) in [5.74, 6) is -0.461. The Hall–Kier alpha value is -2.37. The fourth-order valence-corrected chi connectivity index (χ4v) is 2.74. The summed E-state index contributed by atoms with van der Waals surface area (Å²) in [6.07, 6.45) is 0. The van der Waals surface area contributed by atoms with Gasteiger partial charge in [0.25, 0.3) is 0 Å². The molecule has 0 saturated carbocycles. The Morgan fingerprint density at radius 3 is 2.36 bits per heavy atom. The highest BCUT2D eigenvalue weighted by Crippen LogP contribution is 2.31. The lowest BCUT2D eigenvalue weighted by molar-refractivity contribution is -0.125. The van der Waals surface area contributed by atoms with E-state index < -0.39 is 0 Å². The molecular formula is C19H27N3O3. The quantitative estimate of drug-likeness (QED) is 0.913. The maximum absolute atomic E-state index is 12.5. The normalized spacial score (nSPS) is 16.2. The number of carbonyl (C=O) groups excluding carboxylic acids is 3. The highest BCUT2D eigenvalue weighted by molar-refractivity contribution is 6.05. The first-order chi connectivity index (χ1) is 11.5. The number of urea groups is 1. The number of amides is 4. The molecule has 0 bridgehead atoms. The summed E-state index contributed by atoms with van der Waals surface area (Å²) in [4.78, 5) is 39.3. The lowest BCUT2D eigenvalue weighted by Crippen LogP contribution is -2.35. The molecule has 0 unspecified atom stereocenters. The second-order valence-corrected chi connectivity index (χ2v) is 7.63. The van der Waals surface area contributed by atoms with Crippen LogP contribution in [-0.4, -0.2) is 35.8 Å². The zero-order valence-electron chi connectivity index (χ0n) is 15.8. The van der Waals surface area contributed by atoms with Gasteiger partial charge in [0.2, 0.25) is 11.8 Å². The Morgan fingerprint density at radius 2 is 1.84 bits per heavy atom. The number of nitrogens with one attached hydrogen (secondary N) is 1. The zero-order valence-corrected chi connectivity index (χ0v) is 15.8. The number of carbonyl (C=O) groups is 3. The topological polar surface area (TPSA) is 69.7 Å². The Labute approximate surface area is 149 Å². The molecule has 0 aromatic heterocycles. The van der Waals surface area contributed by atoms with Crippen molar-refractivity contribution in [2.24, 2.45) is 11.3 Å². The molecule has 25 heavy (non-hydrogen) atoms. The van der Waals surface area contributed by atoms with E-state index >= 15 is 0 Å². The summed E-state index contributed by atoms with van der Waals surface area (Å²) < 4.78 is 0. The molecule has 4 amide bonds. The predicted molar refractivity (Wildman–Crippen MR) is 98.6 cm³/mol. The van der Waals surface area contributed by atoms with Crippen LogP contribution in [0, 0.1) is 18.3 Å². The standard InChI is InChI=1S/C19H27N3O3/c1-12-15(20-17(24)13(2)19(4,5)6)8-7-9-16(12)22-11-10-21(14(3)23)18(22)25/h7-9,13H,10-11H2,1-6H3,(H,20,24)/t13-/m1/s1. The maximum atomic E-state index is 12.5. The first-order valence-electron chi connectivity index (χ1n) is 8.54. The average Bonchev–Trinajstić information content (AvgIpc) is 2.89. The summed E-state index contributed by atoms with van der Waals surface area (Å²) in [6, 6.07) is 5.15. The van der Waals surface area contributed by atoms with Crippen molar-refractivity contribution in [1.82, 2.24) is 4.90 Å². The molecule has 0 aliphatic carbocycles. The second-order valence-electron chi connectivity index (χ2n) is 7.63. The minimum Gasteiger partial charge on any atom is -0.326 e. The van der Waals surface area contributed by atoms with Gasteiger partial charge in [0.15, 0.2) is 0 Å². The van der Waals surface area contributed by atoms with Crippen LogP contribution in [0.3, 0.4) is 0 Å². The number of imide groups is 1. The molecule has 1 aromatic carbocycles. The highest BCUT2D eigenvalue weighted by Gasteiger charge is 2.33. The molecule has 6 nitrogen and oxygen atoms in total. The zero-order chi connectivity index (χ0) is 18.9. The van der Waals surface area contributed by atoms with Gasteiger partial charge < -0.3 is 5.32 Å². The van der Waals surface area contributed by atoms with E-state index in [4.69, 9.17) is 0 Å². The molecule has 1 aliphatic rings. The molecule has 1 N–H and O–H groups in total. The van der Waals surface area contributed by atoms with Gasteiger partial charge in [-0.3, -0.25) is 19.4 Å². The number of hydrogen-bond acceptors (Lipinski definition) is 3. The summed E-state index contributed by atoms with van der Waals surface area (Å²) in [6.45, 7) is 12.1. The first-order valence-corrected chi connectivity index (χ1v) is 8.54. The molecule has 0 radical (unpaired) electrons. The van der Waals surface area contributed by atoms with Crippen LogP contribution >= 0.6 is 0 Å². The first kappa shape index (κ1) is 19.0. The number of benzene rings is 1. The van der Waals surface area contributed by atoms with Crippen molar-refractivity contribution in [3.8, 4) is 0 Å². The molecular weight excluding hydrogens is 318 g/mol. The average molecular weight is 345 g/mol. The Morgan fingerprint density at radius 1 is 1.20 bits per heavy atom. The van der Waals surface area contributed by atoms with Crippen LogP contribution in [0.2, 0.25) is 0 Å². The van der Waals surface area contributed by atoms with Crippen molar-refractivity contribution >= 4 is 29.2 Å². The van der Waals surface area contributed by atoms with Gasteiger partial charge in [0.05, 0.1) is 5.69 Å². The van der Waals surface area contributed by atoms with Gasteiger partial charge in [-0.2, -0.15) is 0 Å². The molecule has 1 aromatic rings. The monoisotopic (exact) mass is 345 g/mol. The van der Waals surface area contributed by atoms with Crippen molar-refractivity contribution in [2.45, 2.75) is 41.5 Å². The van der Waals surface area contributed by atoms with E-state index in [0.717, 1.165) is 11.3 Å². The molecule has 136 valence electrons. The second kappa shape index (κ2) is 6.86. The fraction of sp³-hybridized carbons (Fsp3) is 0.526. The SMILES string of the molecule is CC(=O)N1CCN(c2cccc(NC(=O)[C@@H](C)C(C)(C)C)c2C)C1=O. The van der Waals surface area contributed by atoms with Crippen LogP contribution in [0.4, 0.5) is 16.2 Å². The molecule has 1 saturated heterocycles.